The van der Waals surface area contributed by atoms with E-state index in [1.807, 2.05) is 0 Å². The molecule has 0 radical (unpaired) electrons. The van der Waals surface area contributed by atoms with E-state index in [1.54, 1.807) is 0 Å². The molecule has 0 heterocycles. The fourth-order valence-electron chi connectivity index (χ4n) is 3.59. The highest BCUT2D eigenvalue weighted by Gasteiger charge is 2.02. The van der Waals surface area contributed by atoms with Crippen molar-refractivity contribution in [1.82, 2.24) is 0 Å². The van der Waals surface area contributed by atoms with E-state index in [4.69, 9.17) is 0 Å². The van der Waals surface area contributed by atoms with Crippen LogP contribution in [0, 0.1) is 0 Å². The molecule has 150 valence electrons. The summed E-state index contributed by atoms with van der Waals surface area (Å²) in [6.45, 7) is 0. The first-order valence-corrected chi connectivity index (χ1v) is 12.4. The topological polar surface area (TPSA) is 0 Å². The monoisotopic (exact) mass is 518 g/mol. The van der Waals surface area contributed by atoms with Gasteiger partial charge in [0.15, 0.2) is 0 Å². The predicted octanol–water partition coefficient (Wildman–Crippen LogP) is 8.33. The zero-order valence-electron chi connectivity index (χ0n) is 16.8. The van der Waals surface area contributed by atoms with E-state index in [0.717, 1.165) is 23.5 Å². The first kappa shape index (κ1) is 21.1. The molecule has 0 aliphatic carbocycles. The van der Waals surface area contributed by atoms with E-state index in [2.05, 4.69) is 129 Å². The van der Waals surface area contributed by atoms with E-state index >= 15 is 0 Å². The lowest BCUT2D eigenvalue weighted by molar-refractivity contribution is 1.18. The molecule has 0 spiro atoms. The maximum absolute atomic E-state index is 3.50. The minimum atomic E-state index is 0.907. The second-order valence-corrected chi connectivity index (χ2v) is 8.77. The maximum Gasteiger partial charge on any atom is 0.0283 e. The molecule has 0 nitrogen and oxygen atoms in total. The Bertz CT molecular complexity index is 971. The average Bonchev–Trinajstić information content (AvgIpc) is 2.81. The van der Waals surface area contributed by atoms with Gasteiger partial charge in [-0.1, -0.05) is 129 Å². The van der Waals surface area contributed by atoms with Gasteiger partial charge in [0.2, 0.25) is 0 Å². The predicted molar refractivity (Wildman–Crippen MR) is 136 cm³/mol. The van der Waals surface area contributed by atoms with E-state index in [1.165, 1.54) is 44.5 Å². The van der Waals surface area contributed by atoms with Crippen LogP contribution in [0.5, 0.6) is 0 Å². The van der Waals surface area contributed by atoms with Crippen molar-refractivity contribution >= 4 is 31.9 Å². The highest BCUT2D eigenvalue weighted by atomic mass is 79.9. The third kappa shape index (κ3) is 5.50. The first-order chi connectivity index (χ1) is 14.7. The summed E-state index contributed by atoms with van der Waals surface area (Å²) in [6, 6.07) is 35.5. The molecular weight excluding hydrogens is 496 g/mol. The molecule has 0 amide bonds. The Kier molecular flexibility index (Phi) is 7.20. The lowest BCUT2D eigenvalue weighted by Crippen LogP contribution is -1.90. The number of rotatable bonds is 7. The van der Waals surface area contributed by atoms with Crippen molar-refractivity contribution in [3.8, 4) is 11.1 Å². The molecule has 30 heavy (non-hydrogen) atoms. The van der Waals surface area contributed by atoms with Gasteiger partial charge in [-0.3, -0.25) is 0 Å². The second kappa shape index (κ2) is 10.2. The lowest BCUT2D eigenvalue weighted by atomic mass is 9.98. The third-order valence-electron chi connectivity index (χ3n) is 5.41. The molecule has 0 atom stereocenters. The van der Waals surface area contributed by atoms with Gasteiger partial charge < -0.3 is 0 Å². The van der Waals surface area contributed by atoms with Crippen LogP contribution in [0.3, 0.4) is 0 Å². The van der Waals surface area contributed by atoms with Gasteiger partial charge in [-0.15, -0.1) is 0 Å². The minimum absolute atomic E-state index is 0.907. The molecule has 0 saturated carbocycles. The zero-order chi connectivity index (χ0) is 20.8. The Morgan fingerprint density at radius 2 is 0.567 bits per heavy atom. The molecule has 4 rings (SSSR count). The molecule has 0 saturated heterocycles. The summed E-state index contributed by atoms with van der Waals surface area (Å²) in [5.74, 6) is 0. The maximum atomic E-state index is 3.50. The highest BCUT2D eigenvalue weighted by molar-refractivity contribution is 9.08. The molecule has 0 bridgehead atoms. The van der Waals surface area contributed by atoms with Gasteiger partial charge in [0, 0.05) is 10.7 Å². The minimum Gasteiger partial charge on any atom is -0.0876 e. The summed E-state index contributed by atoms with van der Waals surface area (Å²) in [5.41, 5.74) is 10.5. The normalized spacial score (nSPS) is 10.9. The molecule has 0 N–H and O–H groups in total. The van der Waals surface area contributed by atoms with Gasteiger partial charge >= 0.3 is 0 Å². The Hall–Kier alpha value is -2.16. The van der Waals surface area contributed by atoms with Crippen molar-refractivity contribution in [2.75, 3.05) is 0 Å². The van der Waals surface area contributed by atoms with Crippen LogP contribution in [0.4, 0.5) is 0 Å². The quantitative estimate of drug-likeness (QED) is 0.215. The highest BCUT2D eigenvalue weighted by Crippen LogP contribution is 2.23. The molecule has 0 fully saturated rings. The smallest absolute Gasteiger partial charge is 0.0283 e. The summed E-state index contributed by atoms with van der Waals surface area (Å²) >= 11 is 7.01. The van der Waals surface area contributed by atoms with E-state index in [-0.39, 0.29) is 0 Å². The van der Waals surface area contributed by atoms with E-state index in [0.29, 0.717) is 0 Å². The molecule has 2 heteroatoms. The fraction of sp³-hybridized carbons (Fsp3) is 0.143. The summed E-state index contributed by atoms with van der Waals surface area (Å²) in [5, 5.41) is 1.81. The first-order valence-electron chi connectivity index (χ1n) is 10.2. The summed E-state index contributed by atoms with van der Waals surface area (Å²) in [6.07, 6.45) is 1.94. The number of hydrogen-bond acceptors (Lipinski definition) is 0. The van der Waals surface area contributed by atoms with Gasteiger partial charge in [-0.25, -0.2) is 0 Å². The number of benzene rings is 4. The largest absolute Gasteiger partial charge is 0.0876 e. The second-order valence-electron chi connectivity index (χ2n) is 7.65. The van der Waals surface area contributed by atoms with Gasteiger partial charge in [-0.05, 0) is 57.3 Å². The standard InChI is InChI=1S/C28H24Br2/c29-19-25-5-1-21(2-6-25)17-23-9-13-27(14-10-23)28-15-11-24(12-16-28)18-22-3-7-26(20-30)8-4-22/h1-16H,17-20H2. The van der Waals surface area contributed by atoms with Crippen LogP contribution in [0.2, 0.25) is 0 Å². The molecule has 0 aliphatic heterocycles. The lowest BCUT2D eigenvalue weighted by Gasteiger charge is -2.08. The van der Waals surface area contributed by atoms with Crippen molar-refractivity contribution < 1.29 is 0 Å². The van der Waals surface area contributed by atoms with Crippen LogP contribution in [0.25, 0.3) is 11.1 Å². The van der Waals surface area contributed by atoms with Gasteiger partial charge in [0.25, 0.3) is 0 Å². The molecular formula is C28H24Br2. The molecule has 4 aromatic rings. The SMILES string of the molecule is BrCc1ccc(Cc2ccc(-c3ccc(Cc4ccc(CBr)cc4)cc3)cc2)cc1. The van der Waals surface area contributed by atoms with Crippen LogP contribution in [-0.4, -0.2) is 0 Å². The number of halogens is 2. The number of alkyl halides is 2. The Morgan fingerprint density at radius 3 is 0.833 bits per heavy atom. The van der Waals surface area contributed by atoms with Crippen molar-refractivity contribution in [2.24, 2.45) is 0 Å². The molecule has 0 unspecified atom stereocenters. The number of hydrogen-bond donors (Lipinski definition) is 0. The van der Waals surface area contributed by atoms with Crippen LogP contribution < -0.4 is 0 Å². The van der Waals surface area contributed by atoms with Crippen LogP contribution in [0.1, 0.15) is 33.4 Å². The molecule has 0 aliphatic rings. The average molecular weight is 520 g/mol. The molecule has 0 aromatic heterocycles. The van der Waals surface area contributed by atoms with Crippen LogP contribution in [0.15, 0.2) is 97.1 Å². The van der Waals surface area contributed by atoms with E-state index < -0.39 is 0 Å². The summed E-state index contributed by atoms with van der Waals surface area (Å²) in [7, 11) is 0. The van der Waals surface area contributed by atoms with Crippen LogP contribution in [-0.2, 0) is 23.5 Å². The Labute approximate surface area is 196 Å². The van der Waals surface area contributed by atoms with Crippen molar-refractivity contribution in [1.29, 1.82) is 0 Å². The van der Waals surface area contributed by atoms with E-state index in [9.17, 15) is 0 Å². The van der Waals surface area contributed by atoms with Gasteiger partial charge in [0.05, 0.1) is 0 Å². The Morgan fingerprint density at radius 1 is 0.333 bits per heavy atom. The third-order valence-corrected chi connectivity index (χ3v) is 6.71. The van der Waals surface area contributed by atoms with Crippen LogP contribution >= 0.6 is 31.9 Å². The summed E-state index contributed by atoms with van der Waals surface area (Å²) in [4.78, 5) is 0. The Balaban J connectivity index is 1.40. The molecule has 4 aromatic carbocycles. The van der Waals surface area contributed by atoms with Crippen molar-refractivity contribution in [3.05, 3.63) is 130 Å². The summed E-state index contributed by atoms with van der Waals surface area (Å²) < 4.78 is 0. The van der Waals surface area contributed by atoms with Crippen molar-refractivity contribution in [2.45, 2.75) is 23.5 Å². The van der Waals surface area contributed by atoms with Gasteiger partial charge in [-0.2, -0.15) is 0 Å². The van der Waals surface area contributed by atoms with Gasteiger partial charge in [0.1, 0.15) is 0 Å². The fourth-order valence-corrected chi connectivity index (χ4v) is 4.34. The van der Waals surface area contributed by atoms with Crippen molar-refractivity contribution in [3.63, 3.8) is 0 Å². The zero-order valence-corrected chi connectivity index (χ0v) is 20.0.